The Hall–Kier alpha value is -1.72. The number of nitrogen functional groups attached to an aromatic ring is 1. The van der Waals surface area contributed by atoms with E-state index in [0.29, 0.717) is 5.69 Å². The largest absolute Gasteiger partial charge is 0.394 e. The average molecular weight is 267 g/mol. The summed E-state index contributed by atoms with van der Waals surface area (Å²) in [5.74, 6) is 0.449. The topological polar surface area (TPSA) is 90.2 Å². The van der Waals surface area contributed by atoms with Gasteiger partial charge in [0.1, 0.15) is 0 Å². The van der Waals surface area contributed by atoms with Crippen LogP contribution in [0.3, 0.4) is 0 Å². The molecule has 0 aliphatic rings. The van der Waals surface area contributed by atoms with E-state index < -0.39 is 0 Å². The van der Waals surface area contributed by atoms with E-state index in [1.54, 1.807) is 0 Å². The molecule has 0 radical (unpaired) electrons. The number of hydrogen-bond acceptors (Lipinski definition) is 4. The van der Waals surface area contributed by atoms with Gasteiger partial charge >= 0.3 is 0 Å². The number of amides is 1. The highest BCUT2D eigenvalue weighted by Gasteiger charge is 2.21. The molecule has 1 aromatic rings. The lowest BCUT2D eigenvalue weighted by Gasteiger charge is -2.25. The van der Waals surface area contributed by atoms with Crippen LogP contribution in [0.25, 0.3) is 0 Å². The predicted molar refractivity (Wildman–Crippen MR) is 78.1 cm³/mol. The average Bonchev–Trinajstić information content (AvgIpc) is 2.61. The SMILES string of the molecule is CCCCN(CC(N)=O)c1c(N)c(C)nn1C(C)C. The second-order valence-electron chi connectivity index (χ2n) is 5.10. The number of unbranched alkanes of at least 4 members (excludes halogenated alkanes) is 1. The minimum absolute atomic E-state index is 0.169. The van der Waals surface area contributed by atoms with Gasteiger partial charge in [0.15, 0.2) is 5.82 Å². The molecule has 1 aromatic heterocycles. The van der Waals surface area contributed by atoms with Crippen molar-refractivity contribution in [1.82, 2.24) is 9.78 Å². The Labute approximate surface area is 114 Å². The Morgan fingerprint density at radius 1 is 1.47 bits per heavy atom. The molecule has 0 aliphatic carbocycles. The molecule has 1 rings (SSSR count). The van der Waals surface area contributed by atoms with Crippen molar-refractivity contribution in [1.29, 1.82) is 0 Å². The van der Waals surface area contributed by atoms with Crippen molar-refractivity contribution in [3.8, 4) is 0 Å². The molecular weight excluding hydrogens is 242 g/mol. The molecule has 0 unspecified atom stereocenters. The van der Waals surface area contributed by atoms with Crippen LogP contribution in [0.15, 0.2) is 0 Å². The molecular formula is C13H25N5O. The lowest BCUT2D eigenvalue weighted by atomic mass is 10.2. The molecule has 0 aliphatic heterocycles. The first-order chi connectivity index (χ1) is 8.88. The molecule has 4 N–H and O–H groups in total. The van der Waals surface area contributed by atoms with E-state index in [9.17, 15) is 4.79 Å². The zero-order valence-corrected chi connectivity index (χ0v) is 12.3. The van der Waals surface area contributed by atoms with Gasteiger partial charge in [0.2, 0.25) is 5.91 Å². The molecule has 6 heteroatoms. The Bertz CT molecular complexity index is 438. The molecule has 6 nitrogen and oxygen atoms in total. The number of nitrogens with zero attached hydrogens (tertiary/aromatic N) is 3. The number of rotatable bonds is 7. The highest BCUT2D eigenvalue weighted by Crippen LogP contribution is 2.29. The van der Waals surface area contributed by atoms with Crippen molar-refractivity contribution in [2.75, 3.05) is 23.7 Å². The summed E-state index contributed by atoms with van der Waals surface area (Å²) in [6, 6.07) is 0.183. The fraction of sp³-hybridized carbons (Fsp3) is 0.692. The van der Waals surface area contributed by atoms with Crippen LogP contribution in [0, 0.1) is 6.92 Å². The maximum absolute atomic E-state index is 11.3. The second-order valence-corrected chi connectivity index (χ2v) is 5.10. The summed E-state index contributed by atoms with van der Waals surface area (Å²) in [5.41, 5.74) is 12.9. The first-order valence-corrected chi connectivity index (χ1v) is 6.76. The summed E-state index contributed by atoms with van der Waals surface area (Å²) >= 11 is 0. The predicted octanol–water partition coefficient (Wildman–Crippen LogP) is 1.45. The fourth-order valence-corrected chi connectivity index (χ4v) is 2.02. The van der Waals surface area contributed by atoms with Crippen LogP contribution in [0.5, 0.6) is 0 Å². The van der Waals surface area contributed by atoms with E-state index in [-0.39, 0.29) is 18.5 Å². The van der Waals surface area contributed by atoms with Gasteiger partial charge in [0.05, 0.1) is 17.9 Å². The number of carbonyl (C=O) groups excluding carboxylic acids is 1. The maximum Gasteiger partial charge on any atom is 0.236 e. The molecule has 1 heterocycles. The Morgan fingerprint density at radius 3 is 2.58 bits per heavy atom. The number of carbonyl (C=O) groups is 1. The van der Waals surface area contributed by atoms with Gasteiger partial charge in [0.25, 0.3) is 0 Å². The Kier molecular flexibility index (Phi) is 5.20. The number of primary amides is 1. The zero-order chi connectivity index (χ0) is 14.6. The third-order valence-electron chi connectivity index (χ3n) is 3.02. The van der Waals surface area contributed by atoms with Gasteiger partial charge in [-0.05, 0) is 27.2 Å². The Morgan fingerprint density at radius 2 is 2.11 bits per heavy atom. The van der Waals surface area contributed by atoms with Crippen LogP contribution < -0.4 is 16.4 Å². The van der Waals surface area contributed by atoms with Crippen molar-refractivity contribution >= 4 is 17.4 Å². The van der Waals surface area contributed by atoms with Crippen molar-refractivity contribution < 1.29 is 4.79 Å². The van der Waals surface area contributed by atoms with Crippen LogP contribution in [-0.2, 0) is 4.79 Å². The maximum atomic E-state index is 11.3. The van der Waals surface area contributed by atoms with Crippen molar-refractivity contribution in [2.24, 2.45) is 5.73 Å². The van der Waals surface area contributed by atoms with E-state index in [2.05, 4.69) is 12.0 Å². The van der Waals surface area contributed by atoms with Crippen LogP contribution in [-0.4, -0.2) is 28.8 Å². The molecule has 19 heavy (non-hydrogen) atoms. The molecule has 0 saturated carbocycles. The van der Waals surface area contributed by atoms with Crippen LogP contribution in [0.2, 0.25) is 0 Å². The van der Waals surface area contributed by atoms with E-state index >= 15 is 0 Å². The molecule has 0 aromatic carbocycles. The van der Waals surface area contributed by atoms with Gasteiger partial charge in [-0.1, -0.05) is 13.3 Å². The lowest BCUT2D eigenvalue weighted by Crippen LogP contribution is -2.36. The number of aromatic nitrogens is 2. The summed E-state index contributed by atoms with van der Waals surface area (Å²) in [7, 11) is 0. The summed E-state index contributed by atoms with van der Waals surface area (Å²) in [5, 5.41) is 4.44. The quantitative estimate of drug-likeness (QED) is 0.782. The first kappa shape index (κ1) is 15.3. The minimum Gasteiger partial charge on any atom is -0.394 e. The number of anilines is 2. The van der Waals surface area contributed by atoms with Crippen LogP contribution in [0.4, 0.5) is 11.5 Å². The molecule has 108 valence electrons. The first-order valence-electron chi connectivity index (χ1n) is 6.76. The summed E-state index contributed by atoms with van der Waals surface area (Å²) in [6.07, 6.45) is 2.03. The fourth-order valence-electron chi connectivity index (χ4n) is 2.02. The van der Waals surface area contributed by atoms with Gasteiger partial charge in [-0.25, -0.2) is 4.68 Å². The smallest absolute Gasteiger partial charge is 0.236 e. The number of hydrogen-bond donors (Lipinski definition) is 2. The molecule has 0 fully saturated rings. The van der Waals surface area contributed by atoms with Crippen LogP contribution >= 0.6 is 0 Å². The van der Waals surface area contributed by atoms with Crippen molar-refractivity contribution in [3.63, 3.8) is 0 Å². The van der Waals surface area contributed by atoms with Gasteiger partial charge in [-0.15, -0.1) is 0 Å². The normalized spacial score (nSPS) is 11.0. The Balaban J connectivity index is 3.15. The standard InChI is InChI=1S/C13H25N5O/c1-5-6-7-17(8-11(14)19)13-12(15)10(4)16-18(13)9(2)3/h9H,5-8,15H2,1-4H3,(H2,14,19). The molecule has 0 atom stereocenters. The zero-order valence-electron chi connectivity index (χ0n) is 12.3. The molecule has 1 amide bonds. The van der Waals surface area contributed by atoms with Crippen molar-refractivity contribution in [2.45, 2.75) is 46.6 Å². The highest BCUT2D eigenvalue weighted by molar-refractivity contribution is 5.81. The van der Waals surface area contributed by atoms with Crippen LogP contribution in [0.1, 0.15) is 45.3 Å². The monoisotopic (exact) mass is 267 g/mol. The third-order valence-corrected chi connectivity index (χ3v) is 3.02. The second kappa shape index (κ2) is 6.45. The van der Waals surface area contributed by atoms with Gasteiger partial charge in [-0.2, -0.15) is 5.10 Å². The van der Waals surface area contributed by atoms with E-state index in [0.717, 1.165) is 30.9 Å². The molecule has 0 saturated heterocycles. The lowest BCUT2D eigenvalue weighted by molar-refractivity contribution is -0.116. The summed E-state index contributed by atoms with van der Waals surface area (Å²) in [6.45, 7) is 8.98. The van der Waals surface area contributed by atoms with Crippen molar-refractivity contribution in [3.05, 3.63) is 5.69 Å². The summed E-state index contributed by atoms with van der Waals surface area (Å²) < 4.78 is 1.86. The van der Waals surface area contributed by atoms with Gasteiger partial charge in [-0.3, -0.25) is 4.79 Å². The third kappa shape index (κ3) is 3.62. The van der Waals surface area contributed by atoms with E-state index in [1.165, 1.54) is 0 Å². The summed E-state index contributed by atoms with van der Waals surface area (Å²) in [4.78, 5) is 13.2. The molecule has 0 bridgehead atoms. The molecule has 0 spiro atoms. The van der Waals surface area contributed by atoms with E-state index in [1.807, 2.05) is 30.4 Å². The van der Waals surface area contributed by atoms with Gasteiger partial charge < -0.3 is 16.4 Å². The van der Waals surface area contributed by atoms with E-state index in [4.69, 9.17) is 11.5 Å². The number of aryl methyl sites for hydroxylation is 1. The number of nitrogens with two attached hydrogens (primary N) is 2. The van der Waals surface area contributed by atoms with Gasteiger partial charge in [0, 0.05) is 12.6 Å². The highest BCUT2D eigenvalue weighted by atomic mass is 16.1. The minimum atomic E-state index is -0.357.